The Bertz CT molecular complexity index is 432. The quantitative estimate of drug-likeness (QED) is 0.866. The first-order valence-corrected chi connectivity index (χ1v) is 7.00. The molecule has 0 bridgehead atoms. The van der Waals surface area contributed by atoms with Gasteiger partial charge in [0, 0.05) is 12.2 Å². The first-order chi connectivity index (χ1) is 8.69. The number of aliphatic hydroxyl groups excluding tert-OH is 1. The molecular formula is C14H21BrFNO2. The van der Waals surface area contributed by atoms with Crippen molar-refractivity contribution in [3.8, 4) is 0 Å². The van der Waals surface area contributed by atoms with Gasteiger partial charge in [0.15, 0.2) is 0 Å². The Labute approximate surface area is 122 Å². The average molecular weight is 334 g/mol. The van der Waals surface area contributed by atoms with Crippen molar-refractivity contribution >= 4 is 21.6 Å². The maximum Gasteiger partial charge on any atom is 0.139 e. The van der Waals surface area contributed by atoms with Crippen LogP contribution in [0.5, 0.6) is 0 Å². The maximum absolute atomic E-state index is 13.4. The van der Waals surface area contributed by atoms with Gasteiger partial charge in [-0.3, -0.25) is 0 Å². The van der Waals surface area contributed by atoms with E-state index >= 15 is 0 Å². The lowest BCUT2D eigenvalue weighted by Crippen LogP contribution is -2.30. The number of aryl methyl sites for hydroxylation is 1. The minimum atomic E-state index is -0.634. The molecule has 0 radical (unpaired) electrons. The average Bonchev–Trinajstić information content (AvgIpc) is 2.28. The van der Waals surface area contributed by atoms with Gasteiger partial charge in [-0.15, -0.1) is 0 Å². The summed E-state index contributed by atoms with van der Waals surface area (Å²) in [5, 5.41) is 12.8. The zero-order chi connectivity index (χ0) is 14.6. The van der Waals surface area contributed by atoms with Crippen molar-refractivity contribution in [2.75, 3.05) is 18.5 Å². The summed E-state index contributed by atoms with van der Waals surface area (Å²) in [6, 6.07) is 3.12. The summed E-state index contributed by atoms with van der Waals surface area (Å²) in [6.07, 6.45) is -0.634. The van der Waals surface area contributed by atoms with Crippen LogP contribution in [-0.4, -0.2) is 30.0 Å². The van der Waals surface area contributed by atoms with Gasteiger partial charge in [-0.25, -0.2) is 4.39 Å². The fraction of sp³-hybridized carbons (Fsp3) is 0.571. The van der Waals surface area contributed by atoms with Gasteiger partial charge in [0.25, 0.3) is 0 Å². The van der Waals surface area contributed by atoms with Crippen LogP contribution in [0.25, 0.3) is 0 Å². The minimum absolute atomic E-state index is 0.245. The number of anilines is 1. The fourth-order valence-electron chi connectivity index (χ4n) is 1.47. The first-order valence-electron chi connectivity index (χ1n) is 6.20. The summed E-state index contributed by atoms with van der Waals surface area (Å²) in [7, 11) is 0. The van der Waals surface area contributed by atoms with Crippen LogP contribution in [0.2, 0.25) is 0 Å². The van der Waals surface area contributed by atoms with Crippen molar-refractivity contribution in [2.45, 2.75) is 39.4 Å². The summed E-state index contributed by atoms with van der Waals surface area (Å²) in [4.78, 5) is 0. The number of hydrogen-bond acceptors (Lipinski definition) is 3. The van der Waals surface area contributed by atoms with E-state index in [1.165, 1.54) is 6.07 Å². The largest absolute Gasteiger partial charge is 0.389 e. The highest BCUT2D eigenvalue weighted by Gasteiger charge is 2.14. The molecule has 0 saturated carbocycles. The predicted molar refractivity (Wildman–Crippen MR) is 79.0 cm³/mol. The Balaban J connectivity index is 2.51. The summed E-state index contributed by atoms with van der Waals surface area (Å²) in [5.74, 6) is -0.325. The third-order valence-electron chi connectivity index (χ3n) is 2.50. The Hall–Kier alpha value is -0.650. The molecule has 1 aromatic carbocycles. The molecule has 1 unspecified atom stereocenters. The Morgan fingerprint density at radius 3 is 2.63 bits per heavy atom. The van der Waals surface area contributed by atoms with E-state index in [9.17, 15) is 9.50 Å². The van der Waals surface area contributed by atoms with E-state index in [2.05, 4.69) is 21.2 Å². The molecule has 2 N–H and O–H groups in total. The van der Waals surface area contributed by atoms with E-state index in [1.807, 2.05) is 27.7 Å². The lowest BCUT2D eigenvalue weighted by molar-refractivity contribution is -0.0449. The standard InChI is InChI=1S/C14H21BrFNO2/c1-9-5-11(15)12(16)6-13(9)17-7-10(18)8-19-14(2,3)4/h5-6,10,17-18H,7-8H2,1-4H3. The molecule has 3 nitrogen and oxygen atoms in total. The third kappa shape index (κ3) is 5.89. The van der Waals surface area contributed by atoms with Gasteiger partial charge in [0.05, 0.1) is 22.8 Å². The van der Waals surface area contributed by atoms with Gasteiger partial charge >= 0.3 is 0 Å². The smallest absolute Gasteiger partial charge is 0.139 e. The van der Waals surface area contributed by atoms with Crippen molar-refractivity contribution < 1.29 is 14.2 Å². The van der Waals surface area contributed by atoms with E-state index in [1.54, 1.807) is 6.07 Å². The van der Waals surface area contributed by atoms with Gasteiger partial charge < -0.3 is 15.2 Å². The first kappa shape index (κ1) is 16.4. The van der Waals surface area contributed by atoms with Crippen molar-refractivity contribution in [1.82, 2.24) is 0 Å². The van der Waals surface area contributed by atoms with Gasteiger partial charge in [-0.2, -0.15) is 0 Å². The number of ether oxygens (including phenoxy) is 1. The molecule has 0 aliphatic rings. The number of nitrogens with one attached hydrogen (secondary N) is 1. The van der Waals surface area contributed by atoms with E-state index in [4.69, 9.17) is 4.74 Å². The monoisotopic (exact) mass is 333 g/mol. The zero-order valence-corrected chi connectivity index (χ0v) is 13.3. The summed E-state index contributed by atoms with van der Waals surface area (Å²) >= 11 is 3.13. The normalized spacial score (nSPS) is 13.4. The molecule has 0 heterocycles. The van der Waals surface area contributed by atoms with E-state index in [0.717, 1.165) is 5.56 Å². The van der Waals surface area contributed by atoms with Gasteiger partial charge in [-0.1, -0.05) is 0 Å². The number of aliphatic hydroxyl groups is 1. The van der Waals surface area contributed by atoms with Crippen molar-refractivity contribution in [1.29, 1.82) is 0 Å². The molecule has 1 aromatic rings. The van der Waals surface area contributed by atoms with Crippen molar-refractivity contribution in [3.05, 3.63) is 28.0 Å². The molecule has 0 aromatic heterocycles. The highest BCUT2D eigenvalue weighted by Crippen LogP contribution is 2.23. The molecule has 108 valence electrons. The summed E-state index contributed by atoms with van der Waals surface area (Å²) in [6.45, 7) is 8.24. The Morgan fingerprint density at radius 1 is 1.42 bits per heavy atom. The van der Waals surface area contributed by atoms with E-state index < -0.39 is 6.10 Å². The topological polar surface area (TPSA) is 41.5 Å². The minimum Gasteiger partial charge on any atom is -0.389 e. The van der Waals surface area contributed by atoms with Crippen LogP contribution in [0, 0.1) is 12.7 Å². The molecule has 19 heavy (non-hydrogen) atoms. The molecule has 0 aliphatic carbocycles. The molecule has 0 amide bonds. The Kier molecular flexibility index (Phi) is 5.77. The van der Waals surface area contributed by atoms with Crippen molar-refractivity contribution in [3.63, 3.8) is 0 Å². The molecule has 0 spiro atoms. The van der Waals surface area contributed by atoms with Crippen LogP contribution in [-0.2, 0) is 4.74 Å². The lowest BCUT2D eigenvalue weighted by Gasteiger charge is -2.22. The number of halogens is 2. The SMILES string of the molecule is Cc1cc(Br)c(F)cc1NCC(O)COC(C)(C)C. The number of hydrogen-bond donors (Lipinski definition) is 2. The second-order valence-electron chi connectivity index (χ2n) is 5.54. The lowest BCUT2D eigenvalue weighted by atomic mass is 10.2. The van der Waals surface area contributed by atoms with Crippen LogP contribution < -0.4 is 5.32 Å². The van der Waals surface area contributed by atoms with Gasteiger partial charge in [-0.05, 0) is 61.3 Å². The highest BCUT2D eigenvalue weighted by molar-refractivity contribution is 9.10. The second-order valence-corrected chi connectivity index (χ2v) is 6.39. The van der Waals surface area contributed by atoms with Crippen LogP contribution in [0.3, 0.4) is 0 Å². The number of benzene rings is 1. The molecule has 1 atom stereocenters. The number of rotatable bonds is 5. The van der Waals surface area contributed by atoms with Crippen LogP contribution in [0.15, 0.2) is 16.6 Å². The third-order valence-corrected chi connectivity index (χ3v) is 3.11. The molecule has 0 aliphatic heterocycles. The second kappa shape index (κ2) is 6.68. The van der Waals surface area contributed by atoms with Crippen molar-refractivity contribution in [2.24, 2.45) is 0 Å². The van der Waals surface area contributed by atoms with Crippen LogP contribution in [0.1, 0.15) is 26.3 Å². The fourth-order valence-corrected chi connectivity index (χ4v) is 1.93. The van der Waals surface area contributed by atoms with Gasteiger partial charge in [0.1, 0.15) is 5.82 Å². The van der Waals surface area contributed by atoms with E-state index in [-0.39, 0.29) is 18.0 Å². The molecule has 0 saturated heterocycles. The molecule has 5 heteroatoms. The van der Waals surface area contributed by atoms with E-state index in [0.29, 0.717) is 16.7 Å². The Morgan fingerprint density at radius 2 is 2.05 bits per heavy atom. The summed E-state index contributed by atoms with van der Waals surface area (Å²) < 4.78 is 19.3. The van der Waals surface area contributed by atoms with Gasteiger partial charge in [0.2, 0.25) is 0 Å². The maximum atomic E-state index is 13.4. The zero-order valence-electron chi connectivity index (χ0n) is 11.8. The molecule has 1 rings (SSSR count). The molecule has 0 fully saturated rings. The predicted octanol–water partition coefficient (Wildman–Crippen LogP) is 3.48. The highest BCUT2D eigenvalue weighted by atomic mass is 79.9. The van der Waals surface area contributed by atoms with Crippen LogP contribution in [0.4, 0.5) is 10.1 Å². The molecular weight excluding hydrogens is 313 g/mol. The van der Waals surface area contributed by atoms with Crippen LogP contribution >= 0.6 is 15.9 Å². The summed E-state index contributed by atoms with van der Waals surface area (Å²) in [5.41, 5.74) is 1.31.